The molecule has 1 aliphatic rings. The van der Waals surface area contributed by atoms with E-state index in [1.165, 1.54) is 36.0 Å². The van der Waals surface area contributed by atoms with Gasteiger partial charge in [0.2, 0.25) is 5.91 Å². The molecule has 1 aliphatic heterocycles. The highest BCUT2D eigenvalue weighted by molar-refractivity contribution is 8.13. The summed E-state index contributed by atoms with van der Waals surface area (Å²) in [5, 5.41) is 22.2. The predicted molar refractivity (Wildman–Crippen MR) is 105 cm³/mol. The maximum Gasteiger partial charge on any atom is 0.269 e. The van der Waals surface area contributed by atoms with Gasteiger partial charge in [0.15, 0.2) is 5.17 Å². The summed E-state index contributed by atoms with van der Waals surface area (Å²) in [6, 6.07) is 12.2. The number of hydrogen-bond acceptors (Lipinski definition) is 7. The minimum Gasteiger partial charge on any atom is -0.289 e. The molecular formula is C18H16N4O5S. The number of amidine groups is 1. The average Bonchev–Trinajstić information content (AvgIpc) is 3.16. The Kier molecular flexibility index (Phi) is 5.99. The molecule has 0 N–H and O–H groups in total. The first kappa shape index (κ1) is 19.5. The summed E-state index contributed by atoms with van der Waals surface area (Å²) in [5.74, 6) is 0.318. The highest BCUT2D eigenvalue weighted by atomic mass is 32.2. The number of aliphatic imine (C=N–C) groups is 1. The molecule has 0 radical (unpaired) electrons. The number of carbonyl (C=O) groups is 1. The molecule has 3 rings (SSSR count). The van der Waals surface area contributed by atoms with Crippen molar-refractivity contribution in [2.75, 3.05) is 13.1 Å². The number of hydrogen-bond donors (Lipinski definition) is 0. The van der Waals surface area contributed by atoms with Gasteiger partial charge in [0.05, 0.1) is 22.8 Å². The summed E-state index contributed by atoms with van der Waals surface area (Å²) in [5.41, 5.74) is 1.46. The van der Waals surface area contributed by atoms with Crippen LogP contribution in [0.5, 0.6) is 0 Å². The lowest BCUT2D eigenvalue weighted by molar-refractivity contribution is -0.385. The third kappa shape index (κ3) is 4.71. The molecule has 0 saturated carbocycles. The molecule has 2 aromatic carbocycles. The Hall–Kier alpha value is -3.27. The summed E-state index contributed by atoms with van der Waals surface area (Å²) < 4.78 is 0. The molecule has 0 bridgehead atoms. The number of benzene rings is 2. The van der Waals surface area contributed by atoms with Gasteiger partial charge in [-0.1, -0.05) is 36.0 Å². The van der Waals surface area contributed by atoms with Crippen molar-refractivity contribution in [3.8, 4) is 0 Å². The van der Waals surface area contributed by atoms with Crippen LogP contribution in [0, 0.1) is 20.2 Å². The normalized spacial score (nSPS) is 13.3. The molecule has 0 aliphatic carbocycles. The van der Waals surface area contributed by atoms with E-state index in [0.29, 0.717) is 29.6 Å². The Labute approximate surface area is 164 Å². The Morgan fingerprint density at radius 2 is 1.75 bits per heavy atom. The lowest BCUT2D eigenvalue weighted by Gasteiger charge is -2.18. The fraction of sp³-hybridized carbons (Fsp3) is 0.222. The lowest BCUT2D eigenvalue weighted by atomic mass is 10.1. The number of amides is 1. The molecule has 144 valence electrons. The van der Waals surface area contributed by atoms with E-state index in [2.05, 4.69) is 4.99 Å². The number of nitro groups is 2. The monoisotopic (exact) mass is 400 g/mol. The first-order chi connectivity index (χ1) is 13.4. The zero-order chi connectivity index (χ0) is 20.1. The summed E-state index contributed by atoms with van der Waals surface area (Å²) in [6.45, 7) is 0.979. The minimum atomic E-state index is -0.485. The molecule has 10 heteroatoms. The van der Waals surface area contributed by atoms with Crippen molar-refractivity contribution < 1.29 is 14.6 Å². The number of nitrogens with zero attached hydrogens (tertiary/aromatic N) is 4. The molecule has 0 unspecified atom stereocenters. The third-order valence-electron chi connectivity index (χ3n) is 4.09. The molecule has 0 saturated heterocycles. The highest BCUT2D eigenvalue weighted by Crippen LogP contribution is 2.23. The van der Waals surface area contributed by atoms with E-state index < -0.39 is 9.85 Å². The van der Waals surface area contributed by atoms with Gasteiger partial charge in [-0.3, -0.25) is 34.9 Å². The smallest absolute Gasteiger partial charge is 0.269 e. The molecule has 0 fully saturated rings. The van der Waals surface area contributed by atoms with Gasteiger partial charge < -0.3 is 0 Å². The van der Waals surface area contributed by atoms with Gasteiger partial charge in [-0.15, -0.1) is 0 Å². The molecule has 0 spiro atoms. The van der Waals surface area contributed by atoms with E-state index >= 15 is 0 Å². The van der Waals surface area contributed by atoms with Gasteiger partial charge in [-0.25, -0.2) is 0 Å². The van der Waals surface area contributed by atoms with Gasteiger partial charge >= 0.3 is 0 Å². The van der Waals surface area contributed by atoms with Crippen LogP contribution in [0.25, 0.3) is 0 Å². The zero-order valence-electron chi connectivity index (χ0n) is 14.7. The van der Waals surface area contributed by atoms with E-state index in [-0.39, 0.29) is 23.7 Å². The Morgan fingerprint density at radius 3 is 2.43 bits per heavy atom. The number of rotatable bonds is 6. The number of carbonyl (C=O) groups excluding carboxylic acids is 1. The first-order valence-electron chi connectivity index (χ1n) is 8.38. The summed E-state index contributed by atoms with van der Waals surface area (Å²) in [6.07, 6.45) is 0.119. The van der Waals surface area contributed by atoms with Crippen LogP contribution >= 0.6 is 11.8 Å². The minimum absolute atomic E-state index is 0.0212. The summed E-state index contributed by atoms with van der Waals surface area (Å²) >= 11 is 1.35. The third-order valence-corrected chi connectivity index (χ3v) is 5.18. The maximum absolute atomic E-state index is 12.6. The van der Waals surface area contributed by atoms with Gasteiger partial charge in [-0.05, 0) is 11.1 Å². The summed E-state index contributed by atoms with van der Waals surface area (Å²) in [7, 11) is 0. The molecule has 2 aromatic rings. The summed E-state index contributed by atoms with van der Waals surface area (Å²) in [4.78, 5) is 39.2. The molecule has 1 heterocycles. The zero-order valence-corrected chi connectivity index (χ0v) is 15.5. The van der Waals surface area contributed by atoms with Crippen molar-refractivity contribution in [2.24, 2.45) is 4.99 Å². The SMILES string of the molecule is O=C(Cc1ccc([N+](=O)[O-])cc1)N1CCN=C1SCc1cccc([N+](=O)[O-])c1. The Bertz CT molecular complexity index is 945. The standard InChI is InChI=1S/C18H16N4O5S/c23-17(11-13-4-6-15(7-5-13)21(24)25)20-9-8-19-18(20)28-12-14-2-1-3-16(10-14)22(26)27/h1-7,10H,8-9,11-12H2. The van der Waals surface area contributed by atoms with E-state index in [1.807, 2.05) is 0 Å². The van der Waals surface area contributed by atoms with Gasteiger partial charge in [0.25, 0.3) is 11.4 Å². The number of non-ortho nitro benzene ring substituents is 2. The molecule has 1 amide bonds. The Balaban J connectivity index is 1.60. The van der Waals surface area contributed by atoms with E-state index in [9.17, 15) is 25.0 Å². The van der Waals surface area contributed by atoms with Crippen molar-refractivity contribution in [2.45, 2.75) is 12.2 Å². The van der Waals surface area contributed by atoms with Crippen molar-refractivity contribution in [1.82, 2.24) is 4.90 Å². The van der Waals surface area contributed by atoms with E-state index in [1.54, 1.807) is 29.2 Å². The van der Waals surface area contributed by atoms with Gasteiger partial charge in [-0.2, -0.15) is 0 Å². The average molecular weight is 400 g/mol. The second kappa shape index (κ2) is 8.61. The quantitative estimate of drug-likeness (QED) is 0.543. The van der Waals surface area contributed by atoms with Crippen molar-refractivity contribution in [1.29, 1.82) is 0 Å². The van der Waals surface area contributed by atoms with Crippen molar-refractivity contribution in [3.05, 3.63) is 79.9 Å². The number of nitro benzene ring substituents is 2. The fourth-order valence-electron chi connectivity index (χ4n) is 2.69. The molecule has 0 aromatic heterocycles. The van der Waals surface area contributed by atoms with Crippen LogP contribution in [-0.4, -0.2) is 38.9 Å². The second-order valence-corrected chi connectivity index (χ2v) is 6.97. The van der Waals surface area contributed by atoms with Crippen LogP contribution in [0.1, 0.15) is 11.1 Å². The van der Waals surface area contributed by atoms with Gasteiger partial charge in [0.1, 0.15) is 0 Å². The van der Waals surface area contributed by atoms with Crippen LogP contribution in [0.3, 0.4) is 0 Å². The molecular weight excluding hydrogens is 384 g/mol. The molecule has 28 heavy (non-hydrogen) atoms. The van der Waals surface area contributed by atoms with Gasteiger partial charge in [0, 0.05) is 36.6 Å². The fourth-order valence-corrected chi connectivity index (χ4v) is 3.70. The molecule has 9 nitrogen and oxygen atoms in total. The van der Waals surface area contributed by atoms with E-state index in [0.717, 1.165) is 5.56 Å². The topological polar surface area (TPSA) is 119 Å². The molecule has 0 atom stereocenters. The predicted octanol–water partition coefficient (Wildman–Crippen LogP) is 3.18. The largest absolute Gasteiger partial charge is 0.289 e. The van der Waals surface area contributed by atoms with Crippen LogP contribution in [0.4, 0.5) is 11.4 Å². The van der Waals surface area contributed by atoms with Crippen LogP contribution < -0.4 is 0 Å². The second-order valence-electron chi connectivity index (χ2n) is 6.03. The van der Waals surface area contributed by atoms with Crippen LogP contribution in [0.15, 0.2) is 53.5 Å². The van der Waals surface area contributed by atoms with Crippen molar-refractivity contribution >= 4 is 34.2 Å². The maximum atomic E-state index is 12.6. The Morgan fingerprint density at radius 1 is 1.04 bits per heavy atom. The lowest BCUT2D eigenvalue weighted by Crippen LogP contribution is -2.34. The first-order valence-corrected chi connectivity index (χ1v) is 9.37. The highest BCUT2D eigenvalue weighted by Gasteiger charge is 2.24. The van der Waals surface area contributed by atoms with Crippen LogP contribution in [0.2, 0.25) is 0 Å². The number of thioether (sulfide) groups is 1. The van der Waals surface area contributed by atoms with Crippen molar-refractivity contribution in [3.63, 3.8) is 0 Å². The van der Waals surface area contributed by atoms with Crippen LogP contribution in [-0.2, 0) is 17.0 Å². The van der Waals surface area contributed by atoms with E-state index in [4.69, 9.17) is 0 Å².